The Hall–Kier alpha value is -12.4. The Labute approximate surface area is 695 Å². The van der Waals surface area contributed by atoms with Crippen LogP contribution in [-0.2, 0) is 35.6 Å². The Morgan fingerprint density at radius 1 is 0.538 bits per heavy atom. The van der Waals surface area contributed by atoms with Gasteiger partial charge in [-0.05, 0) is 214 Å². The number of halogens is 5. The standard InChI is InChI=1S/C30H31N2O2.C26H21F5O2.C25H24O.C23H20O.2CH3/c1-30(2)26-18-20(31-14-6-15-31)10-12-24(26)28(22-8-4-5-9-23(22)29(33)34-3)25-13-11-21(19-27(25)30)32-16-7-17-32;1-3-5-14-9-23-18(12-21(14)27)25(17-8-7-16(32)11-20(17)26(29,30)31)19-13-22(28)15(6-4-2)10-24(19)33-23;1-3-8-18-12-14-21-23(16-18)26-24-17-19(9-4-2)13-15-22(24)25(21)20-10-6-5-7-11-20;1-3-16-10-12-19-21(14-16)24-22-15-17(4-2)11-13-20(22)23(19)18-8-6-5-7-9-18;;/h4-5,8-13,18-19H,6-7,14-17H2,1-3H3;5,7-13,32H,3-4,6H2,1-2H3;5-8,10-17H,3-4,9H2,1-2H3;3,5-15H,4H2,1-2H3;2*1H3/q+1;;;;2*-1/b;14-5-;18-8+;16-3+;;. The maximum absolute atomic E-state index is 14.9. The van der Waals surface area contributed by atoms with E-state index in [2.05, 4.69) is 239 Å². The highest BCUT2D eigenvalue weighted by Gasteiger charge is 2.42. The minimum atomic E-state index is -4.81. The molecule has 119 heavy (non-hydrogen) atoms. The summed E-state index contributed by atoms with van der Waals surface area (Å²) in [5, 5.41) is 14.8. The van der Waals surface area contributed by atoms with Gasteiger partial charge in [-0.25, -0.2) is 18.2 Å². The van der Waals surface area contributed by atoms with Crippen molar-refractivity contribution in [3.63, 3.8) is 0 Å². The van der Waals surface area contributed by atoms with Crippen LogP contribution in [0.4, 0.5) is 27.6 Å². The Kier molecular flexibility index (Phi) is 25.8. The molecule has 0 aromatic heterocycles. The van der Waals surface area contributed by atoms with Crippen molar-refractivity contribution in [3.8, 4) is 40.2 Å². The van der Waals surface area contributed by atoms with Crippen LogP contribution < -0.4 is 50.4 Å². The average molecular weight is 1590 g/mol. The number of esters is 1. The zero-order valence-corrected chi connectivity index (χ0v) is 69.7. The first kappa shape index (κ1) is 84.6. The topological polar surface area (TPSA) is 80.5 Å². The summed E-state index contributed by atoms with van der Waals surface area (Å²) in [5.74, 6) is 2.10. The van der Waals surface area contributed by atoms with E-state index in [1.807, 2.05) is 32.0 Å². The zero-order chi connectivity index (χ0) is 81.8. The third-order valence-electron chi connectivity index (χ3n) is 22.9. The number of aryl methyl sites for hydroxylation is 3. The molecule has 5 aliphatic heterocycles. The van der Waals surface area contributed by atoms with Gasteiger partial charge in [0.2, 0.25) is 0 Å². The number of aromatic hydroxyl groups is 1. The number of hydrogen-bond donors (Lipinski definition) is 1. The number of alkyl halides is 3. The molecule has 7 aliphatic rings. The maximum Gasteiger partial charge on any atom is 0.417 e. The smallest absolute Gasteiger partial charge is 0.417 e. The van der Waals surface area contributed by atoms with Crippen LogP contribution in [0.25, 0.3) is 40.5 Å². The summed E-state index contributed by atoms with van der Waals surface area (Å²) in [7, 11) is 1.45. The minimum Gasteiger partial charge on any atom is -0.508 e. The Morgan fingerprint density at radius 2 is 1.13 bits per heavy atom. The van der Waals surface area contributed by atoms with Crippen molar-refractivity contribution in [2.45, 2.75) is 125 Å². The average Bonchev–Trinajstić information content (AvgIpc) is 0.715. The molecular weight excluding hydrogens is 1490 g/mol. The van der Waals surface area contributed by atoms with Crippen LogP contribution in [-0.4, -0.2) is 54.7 Å². The Balaban J connectivity index is 0.000000138. The number of methoxy groups -OCH3 is 1. The van der Waals surface area contributed by atoms with Gasteiger partial charge in [0.25, 0.3) is 0 Å². The fraction of sp³-hybridized carbons (Fsp3) is 0.226. The van der Waals surface area contributed by atoms with Gasteiger partial charge in [-0.1, -0.05) is 213 Å². The number of rotatable bonds is 13. The highest BCUT2D eigenvalue weighted by atomic mass is 19.4. The van der Waals surface area contributed by atoms with Gasteiger partial charge >= 0.3 is 12.1 Å². The van der Waals surface area contributed by atoms with E-state index in [4.69, 9.17) is 18.9 Å². The lowest BCUT2D eigenvalue weighted by atomic mass is 9.64. The highest BCUT2D eigenvalue weighted by Crippen LogP contribution is 2.52. The summed E-state index contributed by atoms with van der Waals surface area (Å²) in [6.07, 6.45) is 16.4. The number of phenolic OH excluding ortho intramolecular Hbond substituents is 1. The van der Waals surface area contributed by atoms with E-state index in [1.54, 1.807) is 6.08 Å². The molecule has 11 aromatic rings. The van der Waals surface area contributed by atoms with Crippen LogP contribution in [0.3, 0.4) is 0 Å². The third-order valence-corrected chi connectivity index (χ3v) is 22.9. The van der Waals surface area contributed by atoms with E-state index in [-0.39, 0.29) is 64.9 Å². The zero-order valence-electron chi connectivity index (χ0n) is 69.7. The summed E-state index contributed by atoms with van der Waals surface area (Å²) in [6.45, 7) is 21.5. The molecule has 13 heteroatoms. The molecular formula is C106H102F5N2O6-. The van der Waals surface area contributed by atoms with Crippen molar-refractivity contribution < 1.29 is 55.4 Å². The molecule has 2 aliphatic carbocycles. The molecule has 2 saturated heterocycles. The second kappa shape index (κ2) is 36.3. The number of anilines is 1. The molecule has 1 N–H and O–H groups in total. The van der Waals surface area contributed by atoms with Crippen molar-refractivity contribution in [3.05, 3.63) is 383 Å². The first-order valence-corrected chi connectivity index (χ1v) is 40.9. The number of fused-ring (bicyclic) bond motifs is 8. The lowest BCUT2D eigenvalue weighted by molar-refractivity contribution is -0.582. The first-order valence-electron chi connectivity index (χ1n) is 40.9. The predicted octanol–water partition coefficient (Wildman–Crippen LogP) is 21.8. The predicted molar refractivity (Wildman–Crippen MR) is 474 cm³/mol. The number of carbonyl (C=O) groups excluding carboxylic acids is 1. The van der Waals surface area contributed by atoms with Crippen LogP contribution in [0.5, 0.6) is 40.2 Å². The van der Waals surface area contributed by atoms with Gasteiger partial charge in [-0.2, -0.15) is 13.2 Å². The molecule has 608 valence electrons. The van der Waals surface area contributed by atoms with Gasteiger partial charge < -0.3 is 43.8 Å². The van der Waals surface area contributed by atoms with Crippen molar-refractivity contribution in [1.29, 1.82) is 0 Å². The van der Waals surface area contributed by atoms with Crippen molar-refractivity contribution in [1.82, 2.24) is 0 Å². The van der Waals surface area contributed by atoms with Crippen LogP contribution in [0, 0.1) is 26.5 Å². The number of phenols is 1. The molecule has 0 spiro atoms. The van der Waals surface area contributed by atoms with E-state index < -0.39 is 29.1 Å². The molecule has 2 fully saturated rings. The summed E-state index contributed by atoms with van der Waals surface area (Å²) in [6, 6.07) is 70.1. The second-order valence-corrected chi connectivity index (χ2v) is 30.9. The lowest BCUT2D eigenvalue weighted by Gasteiger charge is -2.41. The molecule has 18 rings (SSSR count). The number of carbonyl (C=O) groups is 1. The van der Waals surface area contributed by atoms with Gasteiger partial charge in [0.15, 0.2) is 5.71 Å². The van der Waals surface area contributed by atoms with Crippen LogP contribution >= 0.6 is 0 Å². The van der Waals surface area contributed by atoms with Crippen molar-refractivity contribution in [2.75, 3.05) is 38.2 Å². The Morgan fingerprint density at radius 3 is 1.71 bits per heavy atom. The number of allylic oxidation sites excluding steroid dienone is 5. The maximum atomic E-state index is 14.9. The molecule has 0 atom stereocenters. The second-order valence-electron chi connectivity index (χ2n) is 30.9. The summed E-state index contributed by atoms with van der Waals surface area (Å²) in [4.78, 5) is 15.2. The third kappa shape index (κ3) is 17.1. The molecule has 0 amide bonds. The molecule has 8 nitrogen and oxygen atoms in total. The SMILES string of the molecule is C/C=c1\ccc2c(c1)Oc1cc(CC)ccc1C=2c1ccccc1.CC/C=c1/cc2c(cc1F)=C(c1ccc(O)cc1C(F)(F)F)c1cc(F)c(CCC)cc1O2.CC/C=c1\ccc2c(c1)Oc1cc(CCC)ccc1C=2c1ccccc1.COC(=O)c1ccccc1C1=C2C=CC(=[N+]3CCC3)C=C2C(C)(C)c2cc(N3CCC3)ccc21.[CH3-].[CH3-]. The monoisotopic (exact) mass is 1590 g/mol. The van der Waals surface area contributed by atoms with Gasteiger partial charge in [-0.15, -0.1) is 0 Å². The van der Waals surface area contributed by atoms with Gasteiger partial charge in [0.1, 0.15) is 65.0 Å². The highest BCUT2D eigenvalue weighted by molar-refractivity contribution is 6.08. The van der Waals surface area contributed by atoms with E-state index in [1.165, 1.54) is 126 Å². The van der Waals surface area contributed by atoms with Crippen molar-refractivity contribution >= 4 is 57.9 Å². The lowest BCUT2D eigenvalue weighted by Crippen LogP contribution is -2.38. The summed E-state index contributed by atoms with van der Waals surface area (Å²) >= 11 is 0. The van der Waals surface area contributed by atoms with Crippen LogP contribution in [0.15, 0.2) is 248 Å². The molecule has 11 aromatic carbocycles. The molecule has 0 saturated carbocycles. The Bertz CT molecular complexity index is 6280. The van der Waals surface area contributed by atoms with Crippen molar-refractivity contribution in [2.24, 2.45) is 0 Å². The van der Waals surface area contributed by atoms with E-state index in [0.717, 1.165) is 115 Å². The number of benzene rings is 11. The normalized spacial score (nSPS) is 15.1. The van der Waals surface area contributed by atoms with E-state index in [9.17, 15) is 31.9 Å². The summed E-state index contributed by atoms with van der Waals surface area (Å²) in [5.41, 5.74) is 19.1. The van der Waals surface area contributed by atoms with E-state index in [0.29, 0.717) is 36.5 Å². The largest absolute Gasteiger partial charge is 0.508 e. The first-order chi connectivity index (χ1) is 56.7. The molecule has 0 bridgehead atoms. The van der Waals surface area contributed by atoms with E-state index >= 15 is 0 Å². The number of hydrogen-bond acceptors (Lipinski definition) is 7. The van der Waals surface area contributed by atoms with Crippen LogP contribution in [0.2, 0.25) is 0 Å². The fourth-order valence-electron chi connectivity index (χ4n) is 16.7. The molecule has 5 heterocycles. The minimum absolute atomic E-state index is 0. The van der Waals surface area contributed by atoms with Gasteiger partial charge in [0, 0.05) is 90.6 Å². The fourth-order valence-corrected chi connectivity index (χ4v) is 16.7. The number of ether oxygens (including phenoxy) is 4. The molecule has 0 unspecified atom stereocenters. The van der Waals surface area contributed by atoms with Gasteiger partial charge in [-0.3, -0.25) is 0 Å². The van der Waals surface area contributed by atoms with Crippen LogP contribution in [0.1, 0.15) is 177 Å². The number of nitrogens with zero attached hydrogens (tertiary/aromatic N) is 2. The quantitative estimate of drug-likeness (QED) is 0.0533. The molecule has 0 radical (unpaired) electrons. The van der Waals surface area contributed by atoms with Gasteiger partial charge in [0.05, 0.1) is 24.7 Å². The summed E-state index contributed by atoms with van der Waals surface area (Å²) < 4.78 is 97.6.